The quantitative estimate of drug-likeness (QED) is 0.156. The van der Waals surface area contributed by atoms with Gasteiger partial charge in [-0.25, -0.2) is 9.79 Å². The topological polar surface area (TPSA) is 103 Å². The number of nitrogens with zero attached hydrogens (tertiary/aromatic N) is 3. The van der Waals surface area contributed by atoms with Gasteiger partial charge in [0.1, 0.15) is 12.6 Å². The van der Waals surface area contributed by atoms with E-state index >= 15 is 0 Å². The zero-order chi connectivity index (χ0) is 31.4. The van der Waals surface area contributed by atoms with E-state index in [0.717, 1.165) is 14.7 Å². The number of benzene rings is 3. The molecule has 0 fully saturated rings. The Bertz CT molecular complexity index is 1990. The molecule has 0 spiro atoms. The maximum atomic E-state index is 14.0. The van der Waals surface area contributed by atoms with Crippen LogP contribution in [-0.2, 0) is 16.1 Å². The number of carbonyl (C=O) groups excluding carboxylic acids is 1. The van der Waals surface area contributed by atoms with Gasteiger partial charge >= 0.3 is 5.97 Å². The molecule has 8 nitrogen and oxygen atoms in total. The lowest BCUT2D eigenvalue weighted by Crippen LogP contribution is -2.40. The van der Waals surface area contributed by atoms with Crippen molar-refractivity contribution in [1.29, 1.82) is 5.26 Å². The van der Waals surface area contributed by atoms with E-state index in [-0.39, 0.29) is 17.7 Å². The molecular weight excluding hydrogens is 713 g/mol. The predicted molar refractivity (Wildman–Crippen MR) is 178 cm³/mol. The molecule has 0 N–H and O–H groups in total. The first-order chi connectivity index (χ1) is 21.2. The molecule has 0 unspecified atom stereocenters. The van der Waals surface area contributed by atoms with Gasteiger partial charge in [0.2, 0.25) is 0 Å². The fourth-order valence-electron chi connectivity index (χ4n) is 4.84. The number of ether oxygens (including phenoxy) is 3. The normalized spacial score (nSPS) is 14.5. The van der Waals surface area contributed by atoms with E-state index in [1.54, 1.807) is 50.3 Å². The van der Waals surface area contributed by atoms with Gasteiger partial charge in [-0.05, 0) is 96.5 Å². The molecule has 0 radical (unpaired) electrons. The predicted octanol–water partition coefficient (Wildman–Crippen LogP) is 5.91. The summed E-state index contributed by atoms with van der Waals surface area (Å²) in [7, 11) is 0. The zero-order valence-corrected chi connectivity index (χ0v) is 27.8. The van der Waals surface area contributed by atoms with Crippen molar-refractivity contribution in [3.8, 4) is 17.6 Å². The third-order valence-electron chi connectivity index (χ3n) is 6.81. The van der Waals surface area contributed by atoms with Crippen LogP contribution < -0.4 is 24.4 Å². The van der Waals surface area contributed by atoms with Gasteiger partial charge in [-0.2, -0.15) is 5.26 Å². The highest BCUT2D eigenvalue weighted by Gasteiger charge is 2.34. The van der Waals surface area contributed by atoms with E-state index < -0.39 is 12.0 Å². The number of thiazole rings is 1. The van der Waals surface area contributed by atoms with Crippen molar-refractivity contribution in [1.82, 2.24) is 4.57 Å². The molecule has 3 aromatic carbocycles. The van der Waals surface area contributed by atoms with Crippen molar-refractivity contribution >= 4 is 57.6 Å². The van der Waals surface area contributed by atoms with Crippen molar-refractivity contribution in [2.75, 3.05) is 13.2 Å². The Hall–Kier alpha value is -3.92. The molecule has 0 aliphatic carbocycles. The highest BCUT2D eigenvalue weighted by molar-refractivity contribution is 14.1. The molecule has 0 bridgehead atoms. The summed E-state index contributed by atoms with van der Waals surface area (Å²) in [6.45, 7) is 6.26. The van der Waals surface area contributed by atoms with Crippen molar-refractivity contribution in [2.45, 2.75) is 33.4 Å². The first kappa shape index (κ1) is 31.5. The Balaban J connectivity index is 1.57. The minimum atomic E-state index is -0.793. The van der Waals surface area contributed by atoms with Crippen molar-refractivity contribution in [3.63, 3.8) is 0 Å². The van der Waals surface area contributed by atoms with Gasteiger partial charge in [-0.1, -0.05) is 53.3 Å². The second-order valence-corrected chi connectivity index (χ2v) is 12.3. The highest BCUT2D eigenvalue weighted by Crippen LogP contribution is 2.36. The molecule has 5 rings (SSSR count). The van der Waals surface area contributed by atoms with Crippen LogP contribution in [0.1, 0.15) is 49.1 Å². The molecule has 11 heteroatoms. The Kier molecular flexibility index (Phi) is 9.88. The largest absolute Gasteiger partial charge is 0.490 e. The van der Waals surface area contributed by atoms with Gasteiger partial charge in [0.15, 0.2) is 16.3 Å². The molecule has 0 saturated carbocycles. The second kappa shape index (κ2) is 13.8. The molecule has 44 heavy (non-hydrogen) atoms. The molecule has 0 saturated heterocycles. The Morgan fingerprint density at radius 3 is 2.57 bits per heavy atom. The number of hydrogen-bond acceptors (Lipinski definition) is 8. The first-order valence-corrected chi connectivity index (χ1v) is 16.0. The van der Waals surface area contributed by atoms with Gasteiger partial charge < -0.3 is 14.2 Å². The monoisotopic (exact) mass is 739 g/mol. The zero-order valence-electron chi connectivity index (χ0n) is 24.1. The van der Waals surface area contributed by atoms with Crippen LogP contribution in [0.25, 0.3) is 6.08 Å². The molecule has 4 aromatic rings. The lowest BCUT2D eigenvalue weighted by Gasteiger charge is -2.25. The van der Waals surface area contributed by atoms with Crippen molar-refractivity contribution < 1.29 is 19.0 Å². The van der Waals surface area contributed by atoms with Crippen molar-refractivity contribution in [2.24, 2.45) is 4.99 Å². The molecule has 2 heterocycles. The van der Waals surface area contributed by atoms with E-state index in [1.807, 2.05) is 37.3 Å². The van der Waals surface area contributed by atoms with Crippen LogP contribution in [0.3, 0.4) is 0 Å². The summed E-state index contributed by atoms with van der Waals surface area (Å²) in [5.41, 5.74) is 3.29. The summed E-state index contributed by atoms with van der Waals surface area (Å²) < 4.78 is 20.2. The summed E-state index contributed by atoms with van der Waals surface area (Å²) >= 11 is 10.0. The van der Waals surface area contributed by atoms with E-state index in [4.69, 9.17) is 31.1 Å². The maximum Gasteiger partial charge on any atom is 0.338 e. The molecule has 1 aromatic heterocycles. The van der Waals surface area contributed by atoms with Gasteiger partial charge in [-0.15, -0.1) is 0 Å². The average Bonchev–Trinajstić information content (AvgIpc) is 3.30. The van der Waals surface area contributed by atoms with Gasteiger partial charge in [0.25, 0.3) is 5.56 Å². The smallest absolute Gasteiger partial charge is 0.338 e. The SMILES string of the molecule is CCOC(=O)C1=C(C)N=c2s/c(=C\c3cc(I)c(OCc4ccc(C#N)cc4)c(OCC)c3)c(=O)n2[C@@H]1c1ccccc1Cl. The lowest BCUT2D eigenvalue weighted by molar-refractivity contribution is -0.139. The minimum Gasteiger partial charge on any atom is -0.490 e. The van der Waals surface area contributed by atoms with Crippen LogP contribution in [0.4, 0.5) is 0 Å². The first-order valence-electron chi connectivity index (χ1n) is 13.8. The van der Waals surface area contributed by atoms with E-state index in [9.17, 15) is 9.59 Å². The molecule has 0 amide bonds. The Morgan fingerprint density at radius 1 is 1.14 bits per heavy atom. The van der Waals surface area contributed by atoms with Gasteiger partial charge in [0.05, 0.1) is 44.2 Å². The number of hydrogen-bond donors (Lipinski definition) is 0. The number of fused-ring (bicyclic) bond motifs is 1. The highest BCUT2D eigenvalue weighted by atomic mass is 127. The second-order valence-electron chi connectivity index (χ2n) is 9.68. The Labute approximate surface area is 276 Å². The number of halogens is 2. The van der Waals surface area contributed by atoms with Gasteiger partial charge in [-0.3, -0.25) is 9.36 Å². The van der Waals surface area contributed by atoms with Crippen LogP contribution in [0.5, 0.6) is 11.5 Å². The molecule has 224 valence electrons. The lowest BCUT2D eigenvalue weighted by atomic mass is 9.96. The third-order valence-corrected chi connectivity index (χ3v) is 8.94. The van der Waals surface area contributed by atoms with E-state index in [2.05, 4.69) is 33.7 Å². The molecule has 1 aliphatic heterocycles. The number of nitriles is 1. The van der Waals surface area contributed by atoms with Crippen LogP contribution in [0.2, 0.25) is 5.02 Å². The van der Waals surface area contributed by atoms with E-state index in [0.29, 0.717) is 55.9 Å². The minimum absolute atomic E-state index is 0.184. The number of rotatable bonds is 9. The van der Waals surface area contributed by atoms with E-state index in [1.165, 1.54) is 15.9 Å². The van der Waals surface area contributed by atoms with Crippen molar-refractivity contribution in [3.05, 3.63) is 122 Å². The summed E-state index contributed by atoms with van der Waals surface area (Å²) in [4.78, 5) is 32.2. The maximum absolute atomic E-state index is 14.0. The summed E-state index contributed by atoms with van der Waals surface area (Å²) in [5, 5.41) is 9.48. The summed E-state index contributed by atoms with van der Waals surface area (Å²) in [5.74, 6) is 0.589. The summed E-state index contributed by atoms with van der Waals surface area (Å²) in [6.07, 6.45) is 1.78. The number of carbonyl (C=O) groups is 1. The average molecular weight is 740 g/mol. The number of aromatic nitrogens is 1. The van der Waals surface area contributed by atoms with Crippen LogP contribution in [-0.4, -0.2) is 23.8 Å². The van der Waals surface area contributed by atoms with Crippen LogP contribution >= 0.6 is 45.5 Å². The fraction of sp³-hybridized carbons (Fsp3) is 0.212. The molecule has 1 atom stereocenters. The fourth-order valence-corrected chi connectivity index (χ4v) is 6.91. The number of esters is 1. The Morgan fingerprint density at radius 2 is 1.89 bits per heavy atom. The van der Waals surface area contributed by atoms with Crippen LogP contribution in [0, 0.1) is 14.9 Å². The van der Waals surface area contributed by atoms with Gasteiger partial charge in [0, 0.05) is 5.02 Å². The molecule has 1 aliphatic rings. The van der Waals surface area contributed by atoms with Crippen LogP contribution in [0.15, 0.2) is 81.7 Å². The summed E-state index contributed by atoms with van der Waals surface area (Å²) in [6, 6.07) is 19.4. The molecular formula is C33H27ClIN3O5S. The third kappa shape index (κ3) is 6.45. The number of allylic oxidation sites excluding steroid dienone is 1. The standard InChI is InChI=1S/C33H27ClIN3O5S/c1-4-41-26-15-22(14-25(35)30(26)43-18-21-12-10-20(17-36)11-13-21)16-27-31(39)38-29(23-8-6-7-9-24(23)34)28(32(40)42-5-2)19(3)37-33(38)44-27/h6-16,29H,4-5,18H2,1-3H3/b27-16-/t29-/m1/s1.